The molecule has 2 aromatic carbocycles. The summed E-state index contributed by atoms with van der Waals surface area (Å²) in [6.45, 7) is 1.99. The molecule has 0 spiro atoms. The lowest BCUT2D eigenvalue weighted by atomic mass is 10.1. The first-order valence-corrected chi connectivity index (χ1v) is 8.67. The zero-order valence-electron chi connectivity index (χ0n) is 15.1. The van der Waals surface area contributed by atoms with Crippen LogP contribution in [0.3, 0.4) is 0 Å². The maximum absolute atomic E-state index is 12.3. The van der Waals surface area contributed by atoms with Crippen molar-refractivity contribution < 1.29 is 9.53 Å². The molecule has 5 heteroatoms. The molecule has 1 aromatic heterocycles. The number of rotatable bonds is 7. The van der Waals surface area contributed by atoms with E-state index < -0.39 is 0 Å². The molecule has 0 radical (unpaired) electrons. The van der Waals surface area contributed by atoms with Crippen molar-refractivity contribution in [3.63, 3.8) is 0 Å². The maximum atomic E-state index is 12.3. The first-order chi connectivity index (χ1) is 12.7. The van der Waals surface area contributed by atoms with Crippen LogP contribution in [0.4, 0.5) is 0 Å². The zero-order valence-corrected chi connectivity index (χ0v) is 15.1. The molecule has 0 bridgehead atoms. The third-order valence-corrected chi connectivity index (χ3v) is 4.39. The number of hydrogen-bond donors (Lipinski definition) is 1. The van der Waals surface area contributed by atoms with Crippen LogP contribution in [0, 0.1) is 0 Å². The molecule has 1 atom stereocenters. The molecule has 26 heavy (non-hydrogen) atoms. The van der Waals surface area contributed by atoms with E-state index in [0.717, 1.165) is 22.6 Å². The standard InChI is InChI=1S/C21H23N3O2/c1-16(17-7-10-19(11-8-17)24-14-13-22-15-24)23-21(25)12-9-18-5-3-4-6-20(18)26-2/h3-8,10-11,13-16H,9,12H2,1-2H3,(H,23,25)/t16-/m0/s1. The summed E-state index contributed by atoms with van der Waals surface area (Å²) < 4.78 is 7.28. The Morgan fingerprint density at radius 3 is 2.65 bits per heavy atom. The highest BCUT2D eigenvalue weighted by Gasteiger charge is 2.11. The summed E-state index contributed by atoms with van der Waals surface area (Å²) in [5.74, 6) is 0.852. The van der Waals surface area contributed by atoms with Crippen LogP contribution < -0.4 is 10.1 Å². The number of hydrogen-bond acceptors (Lipinski definition) is 3. The molecule has 0 unspecified atom stereocenters. The van der Waals surface area contributed by atoms with Crippen LogP contribution in [-0.2, 0) is 11.2 Å². The van der Waals surface area contributed by atoms with Crippen molar-refractivity contribution in [1.82, 2.24) is 14.9 Å². The Kier molecular flexibility index (Phi) is 5.69. The number of benzene rings is 2. The molecular formula is C21H23N3O2. The molecule has 0 saturated heterocycles. The molecule has 0 aliphatic heterocycles. The fourth-order valence-electron chi connectivity index (χ4n) is 2.90. The number of imidazole rings is 1. The van der Waals surface area contributed by atoms with Gasteiger partial charge in [-0.1, -0.05) is 30.3 Å². The predicted octanol–water partition coefficient (Wildman–Crippen LogP) is 3.69. The van der Waals surface area contributed by atoms with Gasteiger partial charge in [0.2, 0.25) is 5.91 Å². The van der Waals surface area contributed by atoms with Gasteiger partial charge in [-0.15, -0.1) is 0 Å². The Morgan fingerprint density at radius 2 is 1.96 bits per heavy atom. The van der Waals surface area contributed by atoms with Crippen molar-refractivity contribution in [3.05, 3.63) is 78.4 Å². The van der Waals surface area contributed by atoms with Crippen LogP contribution in [0.25, 0.3) is 5.69 Å². The number of carbonyl (C=O) groups is 1. The van der Waals surface area contributed by atoms with Gasteiger partial charge in [-0.3, -0.25) is 4.79 Å². The fourth-order valence-corrected chi connectivity index (χ4v) is 2.90. The quantitative estimate of drug-likeness (QED) is 0.708. The highest BCUT2D eigenvalue weighted by atomic mass is 16.5. The van der Waals surface area contributed by atoms with E-state index >= 15 is 0 Å². The number of nitrogens with one attached hydrogen (secondary N) is 1. The number of carbonyl (C=O) groups excluding carboxylic acids is 1. The van der Waals surface area contributed by atoms with E-state index in [-0.39, 0.29) is 11.9 Å². The lowest BCUT2D eigenvalue weighted by Gasteiger charge is -2.15. The van der Waals surface area contributed by atoms with Crippen LogP contribution in [0.5, 0.6) is 5.75 Å². The number of ether oxygens (including phenoxy) is 1. The molecule has 0 aliphatic carbocycles. The molecule has 3 rings (SSSR count). The normalized spacial score (nSPS) is 11.8. The summed E-state index contributed by atoms with van der Waals surface area (Å²) in [4.78, 5) is 16.3. The van der Waals surface area contributed by atoms with Gasteiger partial charge in [0.25, 0.3) is 0 Å². The van der Waals surface area contributed by atoms with Gasteiger partial charge in [-0.2, -0.15) is 0 Å². The third kappa shape index (κ3) is 4.30. The first kappa shape index (κ1) is 17.7. The van der Waals surface area contributed by atoms with Gasteiger partial charge in [0.15, 0.2) is 0 Å². The lowest BCUT2D eigenvalue weighted by Crippen LogP contribution is -2.26. The summed E-state index contributed by atoms with van der Waals surface area (Å²) in [6.07, 6.45) is 6.49. The van der Waals surface area contributed by atoms with Crippen molar-refractivity contribution in [3.8, 4) is 11.4 Å². The summed E-state index contributed by atoms with van der Waals surface area (Å²) in [6, 6.07) is 15.8. The third-order valence-electron chi connectivity index (χ3n) is 4.39. The summed E-state index contributed by atoms with van der Waals surface area (Å²) >= 11 is 0. The Balaban J connectivity index is 1.55. The molecule has 134 valence electrons. The second-order valence-electron chi connectivity index (χ2n) is 6.16. The van der Waals surface area contributed by atoms with E-state index in [0.29, 0.717) is 12.8 Å². The number of para-hydroxylation sites is 1. The monoisotopic (exact) mass is 349 g/mol. The minimum Gasteiger partial charge on any atom is -0.496 e. The molecule has 0 fully saturated rings. The Hall–Kier alpha value is -3.08. The minimum absolute atomic E-state index is 0.0297. The number of nitrogens with zero attached hydrogens (tertiary/aromatic N) is 2. The van der Waals surface area contributed by atoms with Gasteiger partial charge < -0.3 is 14.6 Å². The van der Waals surface area contributed by atoms with Gasteiger partial charge in [0.05, 0.1) is 19.5 Å². The Labute approximate surface area is 153 Å². The molecule has 1 amide bonds. The van der Waals surface area contributed by atoms with Gasteiger partial charge in [0, 0.05) is 24.5 Å². The van der Waals surface area contributed by atoms with E-state index in [1.165, 1.54) is 0 Å². The highest BCUT2D eigenvalue weighted by Crippen LogP contribution is 2.19. The van der Waals surface area contributed by atoms with Crippen LogP contribution in [0.1, 0.15) is 30.5 Å². The van der Waals surface area contributed by atoms with Crippen molar-refractivity contribution in [2.45, 2.75) is 25.8 Å². The average molecular weight is 349 g/mol. The van der Waals surface area contributed by atoms with E-state index in [9.17, 15) is 4.79 Å². The number of amides is 1. The van der Waals surface area contributed by atoms with Crippen LogP contribution >= 0.6 is 0 Å². The van der Waals surface area contributed by atoms with Gasteiger partial charge >= 0.3 is 0 Å². The number of methoxy groups -OCH3 is 1. The highest BCUT2D eigenvalue weighted by molar-refractivity contribution is 5.76. The Morgan fingerprint density at radius 1 is 1.19 bits per heavy atom. The minimum atomic E-state index is -0.0444. The van der Waals surface area contributed by atoms with Crippen LogP contribution in [-0.4, -0.2) is 22.6 Å². The summed E-state index contributed by atoms with van der Waals surface area (Å²) in [7, 11) is 1.65. The average Bonchev–Trinajstić information content (AvgIpc) is 3.21. The second-order valence-corrected chi connectivity index (χ2v) is 6.16. The fraction of sp³-hybridized carbons (Fsp3) is 0.238. The van der Waals surface area contributed by atoms with Crippen molar-refractivity contribution >= 4 is 5.91 Å². The maximum Gasteiger partial charge on any atom is 0.220 e. The second kappa shape index (κ2) is 8.34. The molecule has 3 aromatic rings. The zero-order chi connectivity index (χ0) is 18.4. The van der Waals surface area contributed by atoms with Crippen molar-refractivity contribution in [2.75, 3.05) is 7.11 Å². The van der Waals surface area contributed by atoms with Gasteiger partial charge in [-0.05, 0) is 42.7 Å². The van der Waals surface area contributed by atoms with Crippen LogP contribution in [0.15, 0.2) is 67.3 Å². The largest absolute Gasteiger partial charge is 0.496 e. The van der Waals surface area contributed by atoms with Gasteiger partial charge in [0.1, 0.15) is 5.75 Å². The number of aromatic nitrogens is 2. The molecular weight excluding hydrogens is 326 g/mol. The molecule has 0 aliphatic rings. The summed E-state index contributed by atoms with van der Waals surface area (Å²) in [5.41, 5.74) is 3.16. The topological polar surface area (TPSA) is 56.1 Å². The molecule has 5 nitrogen and oxygen atoms in total. The van der Waals surface area contributed by atoms with E-state index in [1.807, 2.05) is 66.2 Å². The van der Waals surface area contributed by atoms with Gasteiger partial charge in [-0.25, -0.2) is 4.98 Å². The predicted molar refractivity (Wildman–Crippen MR) is 101 cm³/mol. The molecule has 1 N–H and O–H groups in total. The Bertz CT molecular complexity index is 842. The molecule has 1 heterocycles. The lowest BCUT2D eigenvalue weighted by molar-refractivity contribution is -0.121. The van der Waals surface area contributed by atoms with Crippen molar-refractivity contribution in [1.29, 1.82) is 0 Å². The first-order valence-electron chi connectivity index (χ1n) is 8.67. The van der Waals surface area contributed by atoms with Crippen molar-refractivity contribution in [2.24, 2.45) is 0 Å². The molecule has 0 saturated carbocycles. The smallest absolute Gasteiger partial charge is 0.220 e. The number of aryl methyl sites for hydroxylation is 1. The SMILES string of the molecule is COc1ccccc1CCC(=O)N[C@@H](C)c1ccc(-n2ccnc2)cc1. The van der Waals surface area contributed by atoms with E-state index in [2.05, 4.69) is 10.3 Å². The van der Waals surface area contributed by atoms with E-state index in [1.54, 1.807) is 19.6 Å². The summed E-state index contributed by atoms with van der Waals surface area (Å²) in [5, 5.41) is 3.06. The van der Waals surface area contributed by atoms with E-state index in [4.69, 9.17) is 4.74 Å². The van der Waals surface area contributed by atoms with Crippen LogP contribution in [0.2, 0.25) is 0 Å².